The van der Waals surface area contributed by atoms with Gasteiger partial charge in [0.05, 0.1) is 0 Å². The molecule has 0 aliphatic rings. The van der Waals surface area contributed by atoms with Gasteiger partial charge in [-0.1, -0.05) is 63.7 Å². The number of halogens is 4. The second-order valence-corrected chi connectivity index (χ2v) is 8.60. The molecular weight excluding hydrogens is 468 g/mol. The van der Waals surface area contributed by atoms with Gasteiger partial charge in [-0.2, -0.15) is 0 Å². The Balaban J connectivity index is 3.80. The van der Waals surface area contributed by atoms with E-state index in [1.54, 1.807) is 6.92 Å². The number of carbonyl (C=O) groups is 2. The zero-order chi connectivity index (χ0) is 12.0. The first kappa shape index (κ1) is 15.9. The summed E-state index contributed by atoms with van der Waals surface area (Å²) in [5.41, 5.74) is 0. The summed E-state index contributed by atoms with van der Waals surface area (Å²) in [6.07, 6.45) is -0.488. The molecule has 0 bridgehead atoms. The molecule has 1 atom stereocenters. The van der Waals surface area contributed by atoms with Gasteiger partial charge < -0.3 is 9.47 Å². The summed E-state index contributed by atoms with van der Waals surface area (Å²) in [7, 11) is 0. The van der Waals surface area contributed by atoms with Crippen molar-refractivity contribution in [1.82, 2.24) is 0 Å². The molecule has 0 aliphatic heterocycles. The third-order valence-electron chi connectivity index (χ3n) is 1.13. The number of rotatable bonds is 5. The molecule has 0 spiro atoms. The predicted octanol–water partition coefficient (Wildman–Crippen LogP) is 2.69. The van der Waals surface area contributed by atoms with Crippen molar-refractivity contribution >= 4 is 75.7 Å². The molecule has 0 aromatic heterocycles. The molecule has 0 rings (SSSR count). The van der Waals surface area contributed by atoms with Crippen LogP contribution in [-0.4, -0.2) is 32.1 Å². The lowest BCUT2D eigenvalue weighted by molar-refractivity contribution is -0.155. The maximum atomic E-state index is 11.1. The van der Waals surface area contributed by atoms with Crippen LogP contribution in [0, 0.1) is 0 Å². The topological polar surface area (TPSA) is 52.6 Å². The molecule has 0 fully saturated rings. The monoisotopic (exact) mass is 472 g/mol. The zero-order valence-corrected chi connectivity index (χ0v) is 13.9. The number of ether oxygens (including phenoxy) is 2. The first-order valence-electron chi connectivity index (χ1n) is 3.78. The molecular formula is C7H8Br4O4. The van der Waals surface area contributed by atoms with Crippen LogP contribution in [0.2, 0.25) is 0 Å². The molecule has 1 unspecified atom stereocenters. The first-order chi connectivity index (χ1) is 6.84. The third kappa shape index (κ3) is 7.70. The van der Waals surface area contributed by atoms with Crippen LogP contribution in [0.1, 0.15) is 6.92 Å². The van der Waals surface area contributed by atoms with Crippen molar-refractivity contribution < 1.29 is 19.1 Å². The summed E-state index contributed by atoms with van der Waals surface area (Å²) in [5.74, 6) is -0.931. The Kier molecular flexibility index (Phi) is 8.49. The van der Waals surface area contributed by atoms with E-state index in [4.69, 9.17) is 9.47 Å². The van der Waals surface area contributed by atoms with Gasteiger partial charge >= 0.3 is 11.9 Å². The van der Waals surface area contributed by atoms with E-state index in [-0.39, 0.29) is 6.61 Å². The summed E-state index contributed by atoms with van der Waals surface area (Å²) in [5, 5.41) is 0. The van der Waals surface area contributed by atoms with Crippen LogP contribution < -0.4 is 0 Å². The van der Waals surface area contributed by atoms with Crippen molar-refractivity contribution in [2.75, 3.05) is 6.61 Å². The Bertz CT molecular complexity index is 231. The number of hydrogen-bond acceptors (Lipinski definition) is 4. The molecule has 0 aliphatic carbocycles. The highest BCUT2D eigenvalue weighted by Gasteiger charge is 2.18. The molecule has 0 heterocycles. The molecule has 0 aromatic carbocycles. The molecule has 4 nitrogen and oxygen atoms in total. The van der Waals surface area contributed by atoms with Gasteiger partial charge in [0.1, 0.15) is 12.7 Å². The second kappa shape index (κ2) is 8.03. The van der Waals surface area contributed by atoms with E-state index in [1.165, 1.54) is 0 Å². The van der Waals surface area contributed by atoms with Crippen LogP contribution in [0.15, 0.2) is 0 Å². The van der Waals surface area contributed by atoms with Crippen LogP contribution in [0.25, 0.3) is 0 Å². The molecule has 15 heavy (non-hydrogen) atoms. The highest BCUT2D eigenvalue weighted by molar-refractivity contribution is 9.25. The molecule has 0 radical (unpaired) electrons. The fraction of sp³-hybridized carbons (Fsp3) is 0.714. The molecule has 0 N–H and O–H groups in total. The van der Waals surface area contributed by atoms with Gasteiger partial charge in [0, 0.05) is 0 Å². The minimum atomic E-state index is -0.553. The van der Waals surface area contributed by atoms with E-state index in [0.717, 1.165) is 0 Å². The fourth-order valence-corrected chi connectivity index (χ4v) is 1.03. The van der Waals surface area contributed by atoms with E-state index in [1.807, 2.05) is 0 Å². The van der Waals surface area contributed by atoms with E-state index in [9.17, 15) is 9.59 Å². The van der Waals surface area contributed by atoms with Gasteiger partial charge in [-0.05, 0) is 6.92 Å². The van der Waals surface area contributed by atoms with Gasteiger partial charge in [-0.25, -0.2) is 9.59 Å². The second-order valence-electron chi connectivity index (χ2n) is 2.48. The summed E-state index contributed by atoms with van der Waals surface area (Å²) in [4.78, 5) is 22.0. The predicted molar refractivity (Wildman–Crippen MR) is 69.8 cm³/mol. The van der Waals surface area contributed by atoms with E-state index >= 15 is 0 Å². The minimum Gasteiger partial charge on any atom is -0.460 e. The highest BCUT2D eigenvalue weighted by atomic mass is 79.9. The maximum absolute atomic E-state index is 11.1. The van der Waals surface area contributed by atoms with Crippen LogP contribution in [0.5, 0.6) is 0 Å². The van der Waals surface area contributed by atoms with Crippen molar-refractivity contribution in [3.8, 4) is 0 Å². The van der Waals surface area contributed by atoms with Gasteiger partial charge in [-0.15, -0.1) is 0 Å². The average molecular weight is 476 g/mol. The van der Waals surface area contributed by atoms with Crippen molar-refractivity contribution in [2.45, 2.75) is 20.5 Å². The largest absolute Gasteiger partial charge is 0.460 e. The molecule has 0 aromatic rings. The minimum absolute atomic E-state index is 0.0188. The average Bonchev–Trinajstić information content (AvgIpc) is 2.13. The Hall–Kier alpha value is 0.860. The third-order valence-corrected chi connectivity index (χ3v) is 2.63. The van der Waals surface area contributed by atoms with E-state index in [0.29, 0.717) is 0 Å². The van der Waals surface area contributed by atoms with E-state index < -0.39 is 25.5 Å². The highest BCUT2D eigenvalue weighted by Crippen LogP contribution is 2.12. The molecule has 0 amide bonds. The Morgan fingerprint density at radius 3 is 1.93 bits per heavy atom. The van der Waals surface area contributed by atoms with Crippen LogP contribution in [0.3, 0.4) is 0 Å². The van der Waals surface area contributed by atoms with Crippen LogP contribution >= 0.6 is 63.7 Å². The van der Waals surface area contributed by atoms with Gasteiger partial charge in [-0.3, -0.25) is 0 Å². The molecule has 8 heteroatoms. The van der Waals surface area contributed by atoms with Gasteiger partial charge in [0.2, 0.25) is 0 Å². The fourth-order valence-electron chi connectivity index (χ4n) is 0.546. The van der Waals surface area contributed by atoms with Crippen molar-refractivity contribution in [1.29, 1.82) is 0 Å². The van der Waals surface area contributed by atoms with Crippen LogP contribution in [0.4, 0.5) is 0 Å². The number of esters is 2. The number of carbonyl (C=O) groups excluding carboxylic acids is 2. The standard InChI is InChI=1S/C7H8Br4O4/c1-3(15-7(13)5(10)11)2-14-6(12)4(8)9/h3-5H,2H2,1H3. The first-order valence-corrected chi connectivity index (χ1v) is 7.44. The molecule has 0 saturated heterocycles. The number of hydrogen-bond donors (Lipinski definition) is 0. The van der Waals surface area contributed by atoms with Crippen molar-refractivity contribution in [3.05, 3.63) is 0 Å². The maximum Gasteiger partial charge on any atom is 0.331 e. The lowest BCUT2D eigenvalue weighted by Gasteiger charge is -2.14. The van der Waals surface area contributed by atoms with Gasteiger partial charge in [0.15, 0.2) is 7.47 Å². The SMILES string of the molecule is CC(COC(=O)C(Br)Br)OC(=O)C(Br)Br. The summed E-state index contributed by atoms with van der Waals surface area (Å²) < 4.78 is 8.61. The zero-order valence-electron chi connectivity index (χ0n) is 7.58. The summed E-state index contributed by atoms with van der Waals surface area (Å²) in [6.45, 7) is 1.65. The number of alkyl halides is 4. The smallest absolute Gasteiger partial charge is 0.331 e. The Morgan fingerprint density at radius 2 is 1.53 bits per heavy atom. The lowest BCUT2D eigenvalue weighted by Crippen LogP contribution is -2.26. The normalized spacial score (nSPS) is 12.7. The Morgan fingerprint density at radius 1 is 1.07 bits per heavy atom. The molecule has 0 saturated carbocycles. The summed E-state index contributed by atoms with van der Waals surface area (Å²) >= 11 is 11.9. The Labute approximate surface area is 121 Å². The van der Waals surface area contributed by atoms with Crippen LogP contribution in [-0.2, 0) is 19.1 Å². The lowest BCUT2D eigenvalue weighted by atomic mass is 10.4. The molecule has 88 valence electrons. The van der Waals surface area contributed by atoms with E-state index in [2.05, 4.69) is 63.7 Å². The summed E-state index contributed by atoms with van der Waals surface area (Å²) in [6, 6.07) is 0. The van der Waals surface area contributed by atoms with Crippen molar-refractivity contribution in [3.63, 3.8) is 0 Å². The van der Waals surface area contributed by atoms with Gasteiger partial charge in [0.25, 0.3) is 0 Å². The van der Waals surface area contributed by atoms with Crippen molar-refractivity contribution in [2.24, 2.45) is 0 Å². The quantitative estimate of drug-likeness (QED) is 0.453.